The first kappa shape index (κ1) is 19.4. The molecule has 0 bridgehead atoms. The summed E-state index contributed by atoms with van der Waals surface area (Å²) in [6.45, 7) is 13.8. The molecule has 0 aromatic heterocycles. The summed E-state index contributed by atoms with van der Waals surface area (Å²) in [5.74, 6) is -0.169. The maximum atomic E-state index is 12.2. The summed E-state index contributed by atoms with van der Waals surface area (Å²) in [6.07, 6.45) is 0. The van der Waals surface area contributed by atoms with Gasteiger partial charge < -0.3 is 15.0 Å². The average molecular weight is 287 g/mol. The summed E-state index contributed by atoms with van der Waals surface area (Å²) in [6, 6.07) is 0.391. The number of carbonyl (C=O) groups is 1. The number of rotatable bonds is 10. The van der Waals surface area contributed by atoms with Crippen molar-refractivity contribution in [3.05, 3.63) is 0 Å². The van der Waals surface area contributed by atoms with Gasteiger partial charge in [-0.25, -0.2) is 0 Å². The van der Waals surface area contributed by atoms with Crippen LogP contribution in [0.15, 0.2) is 0 Å². The lowest BCUT2D eigenvalue weighted by molar-refractivity contribution is -0.151. The molecule has 0 amide bonds. The average Bonchev–Trinajstić information content (AvgIpc) is 2.35. The van der Waals surface area contributed by atoms with Crippen molar-refractivity contribution in [3.63, 3.8) is 0 Å². The maximum absolute atomic E-state index is 12.2. The second-order valence-corrected chi connectivity index (χ2v) is 5.76. The molecular weight excluding hydrogens is 254 g/mol. The van der Waals surface area contributed by atoms with Crippen molar-refractivity contribution in [1.82, 2.24) is 15.1 Å². The van der Waals surface area contributed by atoms with Crippen molar-refractivity contribution in [2.45, 2.75) is 46.2 Å². The molecule has 2 atom stereocenters. The van der Waals surface area contributed by atoms with E-state index in [2.05, 4.69) is 43.1 Å². The smallest absolute Gasteiger partial charge is 0.327 e. The van der Waals surface area contributed by atoms with E-state index in [9.17, 15) is 4.79 Å². The number of nitrogens with one attached hydrogen (secondary N) is 1. The zero-order chi connectivity index (χ0) is 15.8. The van der Waals surface area contributed by atoms with Crippen molar-refractivity contribution in [2.75, 3.05) is 46.9 Å². The molecule has 0 rings (SSSR count). The molecule has 5 nitrogen and oxygen atoms in total. The Morgan fingerprint density at radius 3 is 2.30 bits per heavy atom. The molecule has 20 heavy (non-hydrogen) atoms. The molecule has 0 aromatic rings. The van der Waals surface area contributed by atoms with E-state index in [1.807, 2.05) is 20.8 Å². The molecule has 0 fully saturated rings. The normalized spacial score (nSPS) is 16.2. The van der Waals surface area contributed by atoms with Crippen LogP contribution in [-0.2, 0) is 9.53 Å². The molecule has 0 heterocycles. The molecule has 0 aromatic carbocycles. The van der Waals surface area contributed by atoms with Crippen molar-refractivity contribution >= 4 is 5.97 Å². The Hall–Kier alpha value is -0.650. The topological polar surface area (TPSA) is 44.8 Å². The lowest BCUT2D eigenvalue weighted by Gasteiger charge is -2.37. The van der Waals surface area contributed by atoms with E-state index < -0.39 is 5.54 Å². The van der Waals surface area contributed by atoms with Crippen molar-refractivity contribution in [3.8, 4) is 0 Å². The number of hydrogen-bond donors (Lipinski definition) is 1. The lowest BCUT2D eigenvalue weighted by Crippen LogP contribution is -2.59. The molecule has 0 aliphatic heterocycles. The molecule has 120 valence electrons. The number of hydrogen-bond acceptors (Lipinski definition) is 5. The van der Waals surface area contributed by atoms with Gasteiger partial charge in [-0.3, -0.25) is 9.69 Å². The minimum Gasteiger partial charge on any atom is -0.465 e. The Labute approximate surface area is 124 Å². The SMILES string of the molecule is CCNC(C)(CN(CC)C(C)CN(C)C)C(=O)OCC. The van der Waals surface area contributed by atoms with E-state index in [1.54, 1.807) is 0 Å². The third kappa shape index (κ3) is 6.20. The van der Waals surface area contributed by atoms with Crippen LogP contribution in [0.4, 0.5) is 0 Å². The summed E-state index contributed by atoms with van der Waals surface area (Å²) in [7, 11) is 4.14. The van der Waals surface area contributed by atoms with Gasteiger partial charge in [0.25, 0.3) is 0 Å². The largest absolute Gasteiger partial charge is 0.465 e. The fraction of sp³-hybridized carbons (Fsp3) is 0.933. The highest BCUT2D eigenvalue weighted by molar-refractivity contribution is 5.80. The van der Waals surface area contributed by atoms with Crippen LogP contribution in [0.25, 0.3) is 0 Å². The standard InChI is InChI=1S/C15H33N3O2/c1-8-16-15(5,14(19)20-10-3)12-18(9-2)13(4)11-17(6)7/h13,16H,8-12H2,1-7H3. The van der Waals surface area contributed by atoms with Gasteiger partial charge in [0.05, 0.1) is 6.61 Å². The van der Waals surface area contributed by atoms with E-state index in [4.69, 9.17) is 4.74 Å². The van der Waals surface area contributed by atoms with Gasteiger partial charge in [-0.1, -0.05) is 13.8 Å². The Morgan fingerprint density at radius 2 is 1.90 bits per heavy atom. The Kier molecular flexibility index (Phi) is 9.01. The maximum Gasteiger partial charge on any atom is 0.327 e. The van der Waals surface area contributed by atoms with E-state index in [1.165, 1.54) is 0 Å². The summed E-state index contributed by atoms with van der Waals surface area (Å²) in [5, 5.41) is 3.29. The van der Waals surface area contributed by atoms with Crippen LogP contribution < -0.4 is 5.32 Å². The van der Waals surface area contributed by atoms with Crippen LogP contribution in [0.1, 0.15) is 34.6 Å². The van der Waals surface area contributed by atoms with E-state index >= 15 is 0 Å². The van der Waals surface area contributed by atoms with Crippen LogP contribution in [0.5, 0.6) is 0 Å². The van der Waals surface area contributed by atoms with Crippen LogP contribution in [-0.4, -0.2) is 74.2 Å². The Bertz CT molecular complexity index is 284. The molecule has 0 aliphatic carbocycles. The van der Waals surface area contributed by atoms with Gasteiger partial charge in [0.1, 0.15) is 5.54 Å². The fourth-order valence-corrected chi connectivity index (χ4v) is 2.50. The first-order chi connectivity index (χ1) is 9.30. The highest BCUT2D eigenvalue weighted by Gasteiger charge is 2.36. The summed E-state index contributed by atoms with van der Waals surface area (Å²) in [5.41, 5.74) is -0.651. The highest BCUT2D eigenvalue weighted by Crippen LogP contribution is 2.12. The van der Waals surface area contributed by atoms with Crippen molar-refractivity contribution in [1.29, 1.82) is 0 Å². The third-order valence-corrected chi connectivity index (χ3v) is 3.47. The van der Waals surface area contributed by atoms with E-state index in [-0.39, 0.29) is 5.97 Å². The minimum absolute atomic E-state index is 0.169. The third-order valence-electron chi connectivity index (χ3n) is 3.47. The predicted molar refractivity (Wildman–Crippen MR) is 84.0 cm³/mol. The molecule has 0 radical (unpaired) electrons. The number of carbonyl (C=O) groups excluding carboxylic acids is 1. The van der Waals surface area contributed by atoms with Gasteiger partial charge in [0.15, 0.2) is 0 Å². The first-order valence-electron chi connectivity index (χ1n) is 7.61. The number of esters is 1. The molecule has 0 saturated carbocycles. The van der Waals surface area contributed by atoms with Gasteiger partial charge in [-0.2, -0.15) is 0 Å². The van der Waals surface area contributed by atoms with Gasteiger partial charge in [-0.15, -0.1) is 0 Å². The second kappa shape index (κ2) is 9.32. The minimum atomic E-state index is -0.651. The van der Waals surface area contributed by atoms with Crippen LogP contribution in [0, 0.1) is 0 Å². The van der Waals surface area contributed by atoms with Crippen LogP contribution in [0.3, 0.4) is 0 Å². The van der Waals surface area contributed by atoms with Crippen LogP contribution in [0.2, 0.25) is 0 Å². The monoisotopic (exact) mass is 287 g/mol. The Balaban J connectivity index is 4.87. The summed E-state index contributed by atoms with van der Waals surface area (Å²) >= 11 is 0. The van der Waals surface area contributed by atoms with Crippen molar-refractivity contribution < 1.29 is 9.53 Å². The predicted octanol–water partition coefficient (Wildman–Crippen LogP) is 1.19. The van der Waals surface area contributed by atoms with E-state index in [0.29, 0.717) is 19.2 Å². The van der Waals surface area contributed by atoms with Crippen molar-refractivity contribution in [2.24, 2.45) is 0 Å². The molecule has 5 heteroatoms. The molecule has 2 unspecified atom stereocenters. The van der Waals surface area contributed by atoms with E-state index in [0.717, 1.165) is 19.6 Å². The van der Waals surface area contributed by atoms with Gasteiger partial charge >= 0.3 is 5.97 Å². The zero-order valence-electron chi connectivity index (χ0n) is 14.3. The first-order valence-corrected chi connectivity index (χ1v) is 7.61. The summed E-state index contributed by atoms with van der Waals surface area (Å²) in [4.78, 5) is 16.7. The quantitative estimate of drug-likeness (QED) is 0.612. The molecule has 0 aliphatic rings. The Morgan fingerprint density at radius 1 is 1.30 bits per heavy atom. The zero-order valence-corrected chi connectivity index (χ0v) is 14.3. The fourth-order valence-electron chi connectivity index (χ4n) is 2.50. The van der Waals surface area contributed by atoms with Gasteiger partial charge in [-0.05, 0) is 48.0 Å². The molecule has 0 saturated heterocycles. The molecular formula is C15H33N3O2. The summed E-state index contributed by atoms with van der Waals surface area (Å²) < 4.78 is 5.23. The number of ether oxygens (including phenoxy) is 1. The van der Waals surface area contributed by atoms with Gasteiger partial charge in [0, 0.05) is 19.1 Å². The molecule has 0 spiro atoms. The highest BCUT2D eigenvalue weighted by atomic mass is 16.5. The van der Waals surface area contributed by atoms with Crippen LogP contribution >= 0.6 is 0 Å². The number of likely N-dealkylation sites (N-methyl/N-ethyl adjacent to an activating group) is 3. The van der Waals surface area contributed by atoms with Gasteiger partial charge in [0.2, 0.25) is 0 Å². The second-order valence-electron chi connectivity index (χ2n) is 5.76. The number of nitrogens with zero attached hydrogens (tertiary/aromatic N) is 2. The lowest BCUT2D eigenvalue weighted by atomic mass is 10.0. The molecule has 1 N–H and O–H groups in total.